The van der Waals surface area contributed by atoms with Crippen LogP contribution in [0.3, 0.4) is 0 Å². The number of hydrogen-bond donors (Lipinski definition) is 0. The first-order valence-corrected chi connectivity index (χ1v) is 5.36. The van der Waals surface area contributed by atoms with Gasteiger partial charge in [-0.3, -0.25) is 0 Å². The zero-order valence-electron chi connectivity index (χ0n) is 9.61. The molecule has 0 aliphatic rings. The Hall–Kier alpha value is -2.48. The molecular weight excluding hydrogens is 276 g/mol. The van der Waals surface area contributed by atoms with Crippen LogP contribution in [0.4, 0.5) is 5.82 Å². The molecule has 0 spiro atoms. The number of halogens is 1. The van der Waals surface area contributed by atoms with Gasteiger partial charge >= 0.3 is 11.8 Å². The Morgan fingerprint density at radius 2 is 2.32 bits per heavy atom. The number of carbonyl (C=O) groups excluding carboxylic acids is 1. The summed E-state index contributed by atoms with van der Waals surface area (Å²) in [7, 11) is 1.16. The Balaban J connectivity index is 2.65. The third-order valence-corrected chi connectivity index (χ3v) is 2.51. The second kappa shape index (κ2) is 5.02. The van der Waals surface area contributed by atoms with E-state index in [9.17, 15) is 14.9 Å². The van der Waals surface area contributed by atoms with Gasteiger partial charge in [0.15, 0.2) is 11.5 Å². The number of pyridine rings is 1. The van der Waals surface area contributed by atoms with Crippen LogP contribution in [0.5, 0.6) is 0 Å². The molecule has 0 N–H and O–H groups in total. The lowest BCUT2D eigenvalue weighted by molar-refractivity contribution is -0.389. The first-order valence-electron chi connectivity index (χ1n) is 4.98. The molecule has 0 bridgehead atoms. The fourth-order valence-electron chi connectivity index (χ4n) is 1.40. The highest BCUT2D eigenvalue weighted by molar-refractivity contribution is 6.32. The number of hydrogen-bond acceptors (Lipinski definition) is 6. The number of rotatable bonds is 3. The Bertz CT molecular complexity index is 655. The quantitative estimate of drug-likeness (QED) is 0.482. The summed E-state index contributed by atoms with van der Waals surface area (Å²) >= 11 is 5.92. The van der Waals surface area contributed by atoms with Crippen molar-refractivity contribution < 1.29 is 14.5 Å². The zero-order chi connectivity index (χ0) is 14.0. The average molecular weight is 283 g/mol. The minimum Gasteiger partial charge on any atom is -0.464 e. The van der Waals surface area contributed by atoms with Gasteiger partial charge in [-0.15, -0.1) is 4.68 Å². The summed E-state index contributed by atoms with van der Waals surface area (Å²) in [6, 6.07) is 4.11. The summed E-state index contributed by atoms with van der Waals surface area (Å²) in [5.74, 6) is -1.16. The maximum absolute atomic E-state index is 11.6. The molecule has 0 saturated heterocycles. The minimum absolute atomic E-state index is 0.109. The molecule has 2 heterocycles. The van der Waals surface area contributed by atoms with Crippen molar-refractivity contribution in [3.05, 3.63) is 45.2 Å². The molecule has 8 nitrogen and oxygen atoms in total. The van der Waals surface area contributed by atoms with Crippen LogP contribution in [0, 0.1) is 10.1 Å². The van der Waals surface area contributed by atoms with Gasteiger partial charge in [0, 0.05) is 6.20 Å². The molecule has 2 aromatic rings. The van der Waals surface area contributed by atoms with E-state index in [1.54, 1.807) is 6.07 Å². The van der Waals surface area contributed by atoms with E-state index in [-0.39, 0.29) is 16.5 Å². The van der Waals surface area contributed by atoms with Gasteiger partial charge in [-0.1, -0.05) is 11.6 Å². The van der Waals surface area contributed by atoms with Crippen molar-refractivity contribution in [1.29, 1.82) is 0 Å². The molecule has 0 radical (unpaired) electrons. The zero-order valence-corrected chi connectivity index (χ0v) is 10.4. The van der Waals surface area contributed by atoms with E-state index < -0.39 is 16.7 Å². The van der Waals surface area contributed by atoms with E-state index in [2.05, 4.69) is 14.8 Å². The van der Waals surface area contributed by atoms with Crippen molar-refractivity contribution in [2.24, 2.45) is 0 Å². The summed E-state index contributed by atoms with van der Waals surface area (Å²) < 4.78 is 5.52. The van der Waals surface area contributed by atoms with Crippen molar-refractivity contribution >= 4 is 23.4 Å². The van der Waals surface area contributed by atoms with Crippen molar-refractivity contribution in [2.75, 3.05) is 7.11 Å². The summed E-state index contributed by atoms with van der Waals surface area (Å²) in [5.41, 5.74) is -0.130. The van der Waals surface area contributed by atoms with Gasteiger partial charge in [-0.2, -0.15) is 0 Å². The van der Waals surface area contributed by atoms with Gasteiger partial charge in [-0.25, -0.2) is 9.78 Å². The Labute approximate surface area is 111 Å². The highest BCUT2D eigenvalue weighted by Crippen LogP contribution is 2.22. The molecule has 2 rings (SSSR count). The van der Waals surface area contributed by atoms with Gasteiger partial charge in [0.2, 0.25) is 0 Å². The van der Waals surface area contributed by atoms with E-state index in [0.717, 1.165) is 17.9 Å². The fraction of sp³-hybridized carbons (Fsp3) is 0.100. The molecule has 0 aliphatic heterocycles. The number of carbonyl (C=O) groups is 1. The van der Waals surface area contributed by atoms with Crippen LogP contribution in [0.15, 0.2) is 24.4 Å². The van der Waals surface area contributed by atoms with Gasteiger partial charge < -0.3 is 14.9 Å². The number of nitrogens with zero attached hydrogens (tertiary/aromatic N) is 4. The molecule has 9 heteroatoms. The summed E-state index contributed by atoms with van der Waals surface area (Å²) in [6.45, 7) is 0. The number of methoxy groups -OCH3 is 1. The van der Waals surface area contributed by atoms with E-state index in [0.29, 0.717) is 0 Å². The van der Waals surface area contributed by atoms with Crippen LogP contribution >= 0.6 is 11.6 Å². The van der Waals surface area contributed by atoms with Crippen molar-refractivity contribution in [3.63, 3.8) is 0 Å². The van der Waals surface area contributed by atoms with Crippen LogP contribution in [0.25, 0.3) is 5.82 Å². The average Bonchev–Trinajstić information content (AvgIpc) is 2.83. The SMILES string of the molecule is COC(=O)c1cc([N+](=O)[O-])nn1-c1ncccc1Cl. The minimum atomic E-state index is -0.776. The monoisotopic (exact) mass is 282 g/mol. The van der Waals surface area contributed by atoms with Gasteiger partial charge in [0.05, 0.1) is 23.3 Å². The highest BCUT2D eigenvalue weighted by atomic mass is 35.5. The van der Waals surface area contributed by atoms with Crippen molar-refractivity contribution in [3.8, 4) is 5.82 Å². The number of esters is 1. The third kappa shape index (κ3) is 2.38. The summed E-state index contributed by atoms with van der Waals surface area (Å²) in [4.78, 5) is 25.5. The molecule has 19 heavy (non-hydrogen) atoms. The van der Waals surface area contributed by atoms with E-state index in [1.807, 2.05) is 0 Å². The van der Waals surface area contributed by atoms with Crippen LogP contribution < -0.4 is 0 Å². The lowest BCUT2D eigenvalue weighted by atomic mass is 10.4. The molecule has 0 atom stereocenters. The van der Waals surface area contributed by atoms with Gasteiger partial charge in [-0.05, 0) is 17.1 Å². The molecule has 2 aromatic heterocycles. The molecule has 0 fully saturated rings. The van der Waals surface area contributed by atoms with E-state index in [1.165, 1.54) is 12.3 Å². The lowest BCUT2D eigenvalue weighted by Crippen LogP contribution is -2.11. The van der Waals surface area contributed by atoms with Gasteiger partial charge in [0.25, 0.3) is 0 Å². The van der Waals surface area contributed by atoms with Crippen LogP contribution in [-0.2, 0) is 4.74 Å². The van der Waals surface area contributed by atoms with Crippen LogP contribution in [0.2, 0.25) is 5.02 Å². The second-order valence-corrected chi connectivity index (χ2v) is 3.76. The smallest absolute Gasteiger partial charge is 0.391 e. The summed E-state index contributed by atoms with van der Waals surface area (Å²) in [6.07, 6.45) is 1.43. The fourth-order valence-corrected chi connectivity index (χ4v) is 1.60. The topological polar surface area (TPSA) is 100 Å². The molecule has 0 amide bonds. The Morgan fingerprint density at radius 1 is 1.58 bits per heavy atom. The molecule has 0 aliphatic carbocycles. The van der Waals surface area contributed by atoms with Gasteiger partial charge in [0.1, 0.15) is 0 Å². The molecule has 0 saturated carbocycles. The predicted molar refractivity (Wildman–Crippen MR) is 64.4 cm³/mol. The Morgan fingerprint density at radius 3 is 2.89 bits per heavy atom. The highest BCUT2D eigenvalue weighted by Gasteiger charge is 2.26. The Kier molecular flexibility index (Phi) is 3.43. The van der Waals surface area contributed by atoms with Crippen LogP contribution in [0.1, 0.15) is 10.5 Å². The standard InChI is InChI=1S/C10H7ClN4O4/c1-19-10(16)7-5-8(15(17)18)13-14(7)9-6(11)3-2-4-12-9/h2-5H,1H3. The normalized spacial score (nSPS) is 10.2. The maximum atomic E-state index is 11.6. The van der Waals surface area contributed by atoms with Crippen molar-refractivity contribution in [1.82, 2.24) is 14.8 Å². The molecule has 0 unspecified atom stereocenters. The molecule has 0 aromatic carbocycles. The van der Waals surface area contributed by atoms with E-state index >= 15 is 0 Å². The third-order valence-electron chi connectivity index (χ3n) is 2.22. The number of nitro groups is 1. The van der Waals surface area contributed by atoms with Crippen molar-refractivity contribution in [2.45, 2.75) is 0 Å². The molecule has 98 valence electrons. The molecular formula is C10H7ClN4O4. The van der Waals surface area contributed by atoms with E-state index in [4.69, 9.17) is 11.6 Å². The first kappa shape index (κ1) is 13.0. The number of aromatic nitrogens is 3. The largest absolute Gasteiger partial charge is 0.464 e. The summed E-state index contributed by atoms with van der Waals surface area (Å²) in [5, 5.41) is 14.6. The second-order valence-electron chi connectivity index (χ2n) is 3.36. The lowest BCUT2D eigenvalue weighted by Gasteiger charge is -2.02. The predicted octanol–water partition coefficient (Wildman–Crippen LogP) is 1.62. The first-order chi connectivity index (χ1) is 9.04. The number of ether oxygens (including phenoxy) is 1. The maximum Gasteiger partial charge on any atom is 0.391 e. The van der Waals surface area contributed by atoms with Crippen LogP contribution in [-0.4, -0.2) is 32.8 Å².